The maximum absolute atomic E-state index is 11.8. The van der Waals surface area contributed by atoms with Gasteiger partial charge in [-0.25, -0.2) is 9.89 Å². The molecule has 28 heavy (non-hydrogen) atoms. The van der Waals surface area contributed by atoms with Gasteiger partial charge >= 0.3 is 5.69 Å². The first-order valence-corrected chi connectivity index (χ1v) is 9.84. The average molecular weight is 494 g/mol. The normalized spacial score (nSPS) is 26.4. The van der Waals surface area contributed by atoms with E-state index in [0.717, 1.165) is 50.8 Å². The van der Waals surface area contributed by atoms with Gasteiger partial charge in [0, 0.05) is 32.6 Å². The number of piperidine rings is 1. The SMILES string of the molecule is C[C@@H]1C[C@@H](c2n[nH]c(=O)n2C)CN(C2=NCC3Cc4ccccc4CN23)C1.I. The van der Waals surface area contributed by atoms with E-state index >= 15 is 0 Å². The predicted octanol–water partition coefficient (Wildman–Crippen LogP) is 1.95. The zero-order chi connectivity index (χ0) is 18.5. The molecule has 0 spiro atoms. The second-order valence-electron chi connectivity index (χ2n) is 8.28. The summed E-state index contributed by atoms with van der Waals surface area (Å²) in [6.45, 7) is 5.98. The zero-order valence-electron chi connectivity index (χ0n) is 16.3. The largest absolute Gasteiger partial charge is 0.343 e. The van der Waals surface area contributed by atoms with Crippen molar-refractivity contribution in [1.29, 1.82) is 0 Å². The van der Waals surface area contributed by atoms with Gasteiger partial charge in [-0.1, -0.05) is 31.2 Å². The van der Waals surface area contributed by atoms with Gasteiger partial charge in [-0.2, -0.15) is 5.10 Å². The van der Waals surface area contributed by atoms with Crippen molar-refractivity contribution in [3.8, 4) is 0 Å². The summed E-state index contributed by atoms with van der Waals surface area (Å²) in [7, 11) is 1.80. The number of aromatic nitrogens is 3. The number of fused-ring (bicyclic) bond motifs is 2. The van der Waals surface area contributed by atoms with Gasteiger partial charge in [-0.05, 0) is 29.9 Å². The Morgan fingerprint density at radius 3 is 2.71 bits per heavy atom. The molecule has 5 rings (SSSR count). The molecule has 1 aromatic carbocycles. The number of halogens is 1. The number of guanidine groups is 1. The summed E-state index contributed by atoms with van der Waals surface area (Å²) in [4.78, 5) is 21.7. The molecule has 7 nitrogen and oxygen atoms in total. The molecule has 3 aliphatic heterocycles. The summed E-state index contributed by atoms with van der Waals surface area (Å²) >= 11 is 0. The smallest absolute Gasteiger partial charge is 0.342 e. The van der Waals surface area contributed by atoms with Gasteiger partial charge in [0.05, 0.1) is 12.6 Å². The quantitative estimate of drug-likeness (QED) is 0.616. The number of benzene rings is 1. The van der Waals surface area contributed by atoms with Gasteiger partial charge in [-0.15, -0.1) is 24.0 Å². The minimum absolute atomic E-state index is 0. The lowest BCUT2D eigenvalue weighted by atomic mass is 9.89. The van der Waals surface area contributed by atoms with Crippen molar-refractivity contribution >= 4 is 29.9 Å². The minimum Gasteiger partial charge on any atom is -0.342 e. The van der Waals surface area contributed by atoms with Crippen LogP contribution in [0.3, 0.4) is 0 Å². The highest BCUT2D eigenvalue weighted by molar-refractivity contribution is 14.0. The third-order valence-electron chi connectivity index (χ3n) is 6.28. The van der Waals surface area contributed by atoms with Gasteiger partial charge in [0.2, 0.25) is 0 Å². The highest BCUT2D eigenvalue weighted by atomic mass is 127. The van der Waals surface area contributed by atoms with Crippen LogP contribution >= 0.6 is 24.0 Å². The van der Waals surface area contributed by atoms with Crippen LogP contribution in [0.1, 0.15) is 36.2 Å². The van der Waals surface area contributed by atoms with Crippen LogP contribution in [0.4, 0.5) is 0 Å². The molecule has 2 aromatic rings. The lowest BCUT2D eigenvalue weighted by molar-refractivity contribution is 0.198. The topological polar surface area (TPSA) is 69.5 Å². The van der Waals surface area contributed by atoms with Crippen LogP contribution in [0.2, 0.25) is 0 Å². The van der Waals surface area contributed by atoms with Crippen molar-refractivity contribution in [2.45, 2.75) is 38.3 Å². The van der Waals surface area contributed by atoms with Crippen LogP contribution < -0.4 is 5.69 Å². The summed E-state index contributed by atoms with van der Waals surface area (Å²) in [5.74, 6) is 2.77. The molecule has 1 aromatic heterocycles. The molecule has 0 saturated carbocycles. The van der Waals surface area contributed by atoms with Crippen LogP contribution in [0.5, 0.6) is 0 Å². The van der Waals surface area contributed by atoms with E-state index in [9.17, 15) is 4.79 Å². The van der Waals surface area contributed by atoms with Crippen molar-refractivity contribution in [2.24, 2.45) is 18.0 Å². The first-order valence-electron chi connectivity index (χ1n) is 9.84. The zero-order valence-corrected chi connectivity index (χ0v) is 18.7. The number of hydrogen-bond donors (Lipinski definition) is 1. The second kappa shape index (κ2) is 7.53. The minimum atomic E-state index is -0.138. The number of H-pyrrole nitrogens is 1. The fourth-order valence-corrected chi connectivity index (χ4v) is 4.97. The Bertz CT molecular complexity index is 950. The van der Waals surface area contributed by atoms with Crippen LogP contribution in [0.25, 0.3) is 0 Å². The predicted molar refractivity (Wildman–Crippen MR) is 119 cm³/mol. The Hall–Kier alpha value is -1.84. The molecule has 150 valence electrons. The van der Waals surface area contributed by atoms with Gasteiger partial charge in [0.15, 0.2) is 5.96 Å². The molecule has 4 heterocycles. The first kappa shape index (κ1) is 19.5. The number of nitrogens with one attached hydrogen (secondary N) is 1. The summed E-state index contributed by atoms with van der Waals surface area (Å²) in [6, 6.07) is 9.23. The number of likely N-dealkylation sites (tertiary alicyclic amines) is 1. The number of nitrogens with zero attached hydrogens (tertiary/aromatic N) is 5. The molecule has 0 radical (unpaired) electrons. The van der Waals surface area contributed by atoms with E-state index in [0.29, 0.717) is 12.0 Å². The van der Waals surface area contributed by atoms with E-state index in [1.165, 1.54) is 11.1 Å². The van der Waals surface area contributed by atoms with E-state index in [2.05, 4.69) is 51.2 Å². The molecule has 1 saturated heterocycles. The molecular formula is C20H27IN6O. The van der Waals surface area contributed by atoms with Crippen LogP contribution in [-0.2, 0) is 20.0 Å². The highest BCUT2D eigenvalue weighted by Crippen LogP contribution is 2.33. The molecule has 0 bridgehead atoms. The Morgan fingerprint density at radius 1 is 1.18 bits per heavy atom. The van der Waals surface area contributed by atoms with E-state index in [1.54, 1.807) is 11.6 Å². The molecule has 0 amide bonds. The van der Waals surface area contributed by atoms with Crippen molar-refractivity contribution < 1.29 is 0 Å². The van der Waals surface area contributed by atoms with Gasteiger partial charge < -0.3 is 9.80 Å². The van der Waals surface area contributed by atoms with E-state index < -0.39 is 0 Å². The molecular weight excluding hydrogens is 467 g/mol. The molecule has 1 unspecified atom stereocenters. The third-order valence-corrected chi connectivity index (χ3v) is 6.28. The van der Waals surface area contributed by atoms with Crippen molar-refractivity contribution in [3.05, 3.63) is 51.7 Å². The Morgan fingerprint density at radius 2 is 1.96 bits per heavy atom. The molecule has 1 N–H and O–H groups in total. The second-order valence-corrected chi connectivity index (χ2v) is 8.28. The van der Waals surface area contributed by atoms with E-state index in [4.69, 9.17) is 4.99 Å². The van der Waals surface area contributed by atoms with Crippen molar-refractivity contribution in [1.82, 2.24) is 24.6 Å². The molecule has 1 fully saturated rings. The number of aliphatic imine (C=N–C) groups is 1. The lowest BCUT2D eigenvalue weighted by Gasteiger charge is -2.42. The van der Waals surface area contributed by atoms with Crippen LogP contribution in [-0.4, -0.2) is 56.2 Å². The van der Waals surface area contributed by atoms with E-state index in [1.807, 2.05) is 0 Å². The van der Waals surface area contributed by atoms with Crippen LogP contribution in [0, 0.1) is 5.92 Å². The lowest BCUT2D eigenvalue weighted by Crippen LogP contribution is -2.52. The fraction of sp³-hybridized carbons (Fsp3) is 0.550. The number of aromatic amines is 1. The summed E-state index contributed by atoms with van der Waals surface area (Å²) in [6.07, 6.45) is 2.12. The number of rotatable bonds is 1. The van der Waals surface area contributed by atoms with Crippen LogP contribution in [0.15, 0.2) is 34.1 Å². The Balaban J connectivity index is 0.00000192. The fourth-order valence-electron chi connectivity index (χ4n) is 4.97. The standard InChI is InChI=1S/C20H26N6O.HI/c1-13-7-16(18-22-23-20(27)24(18)2)11-25(10-13)19-21-9-17-8-14-5-3-4-6-15(14)12-26(17)19;/h3-6,13,16-17H,7-12H2,1-2H3,(H,23,27);1H/t13-,16-,17?;/m1./s1. The first-order chi connectivity index (χ1) is 13.1. The Labute approximate surface area is 181 Å². The molecule has 8 heteroatoms. The molecule has 3 atom stereocenters. The molecule has 0 aliphatic carbocycles. The molecule has 3 aliphatic rings. The summed E-state index contributed by atoms with van der Waals surface area (Å²) in [5.41, 5.74) is 2.74. The highest BCUT2D eigenvalue weighted by Gasteiger charge is 2.38. The van der Waals surface area contributed by atoms with Gasteiger partial charge in [-0.3, -0.25) is 9.56 Å². The monoisotopic (exact) mass is 494 g/mol. The third kappa shape index (κ3) is 3.25. The van der Waals surface area contributed by atoms with E-state index in [-0.39, 0.29) is 35.6 Å². The number of hydrogen-bond acceptors (Lipinski definition) is 5. The van der Waals surface area contributed by atoms with Gasteiger partial charge in [0.1, 0.15) is 5.82 Å². The maximum Gasteiger partial charge on any atom is 0.343 e. The summed E-state index contributed by atoms with van der Waals surface area (Å²) < 4.78 is 1.65. The Kier molecular flexibility index (Phi) is 5.24. The average Bonchev–Trinajstić information content (AvgIpc) is 3.22. The van der Waals surface area contributed by atoms with Crippen molar-refractivity contribution in [2.75, 3.05) is 19.6 Å². The van der Waals surface area contributed by atoms with Gasteiger partial charge in [0.25, 0.3) is 0 Å². The summed E-state index contributed by atoms with van der Waals surface area (Å²) in [5, 5.41) is 6.88. The maximum atomic E-state index is 11.8. The van der Waals surface area contributed by atoms with Crippen molar-refractivity contribution in [3.63, 3.8) is 0 Å².